The fraction of sp³-hybridized carbons (Fsp3) is 0.250. The molecule has 1 aliphatic heterocycles. The summed E-state index contributed by atoms with van der Waals surface area (Å²) in [5.74, 6) is -0.0128. The third kappa shape index (κ3) is 2.76. The minimum Gasteiger partial charge on any atom is -0.463 e. The Hall–Kier alpha value is -1.69. The van der Waals surface area contributed by atoms with Crippen molar-refractivity contribution in [3.8, 4) is 0 Å². The zero-order valence-electron chi connectivity index (χ0n) is 9.81. The van der Waals surface area contributed by atoms with Crippen LogP contribution in [0.4, 0.5) is 5.69 Å². The number of carbonyl (C=O) groups is 1. The van der Waals surface area contributed by atoms with E-state index in [1.54, 1.807) is 25.3 Å². The zero-order chi connectivity index (χ0) is 13.1. The highest BCUT2D eigenvalue weighted by atomic mass is 79.9. The van der Waals surface area contributed by atoms with Gasteiger partial charge in [0.25, 0.3) is 0 Å². The zero-order valence-corrected chi connectivity index (χ0v) is 11.4. The summed E-state index contributed by atoms with van der Waals surface area (Å²) in [5.41, 5.74) is 7.50. The van der Waals surface area contributed by atoms with Crippen molar-refractivity contribution in [1.82, 2.24) is 4.98 Å². The van der Waals surface area contributed by atoms with E-state index in [9.17, 15) is 4.79 Å². The molecule has 0 bridgehead atoms. The lowest BCUT2D eigenvalue weighted by Gasteiger charge is -2.04. The smallest absolute Gasteiger partial charge is 0.334 e. The van der Waals surface area contributed by atoms with Crippen LogP contribution in [0.5, 0.6) is 0 Å². The van der Waals surface area contributed by atoms with Crippen LogP contribution in [0.2, 0.25) is 0 Å². The number of hydrogen-bond donors (Lipinski definition) is 1. The van der Waals surface area contributed by atoms with Crippen molar-refractivity contribution in [2.24, 2.45) is 10.7 Å². The SMILES string of the molecule is CCOC(=O)C1=Cc2ncc(Br)cc2N=C(N)C1. The molecule has 0 aliphatic carbocycles. The first-order valence-corrected chi connectivity index (χ1v) is 6.25. The number of hydrogen-bond acceptors (Lipinski definition) is 5. The monoisotopic (exact) mass is 309 g/mol. The van der Waals surface area contributed by atoms with Crippen LogP contribution in [0, 0.1) is 0 Å². The van der Waals surface area contributed by atoms with E-state index in [-0.39, 0.29) is 12.4 Å². The molecule has 5 nitrogen and oxygen atoms in total. The molecule has 0 aromatic carbocycles. The van der Waals surface area contributed by atoms with E-state index in [1.165, 1.54) is 0 Å². The number of aliphatic imine (C=N–C) groups is 1. The van der Waals surface area contributed by atoms with Crippen molar-refractivity contribution in [3.05, 3.63) is 28.0 Å². The maximum Gasteiger partial charge on any atom is 0.334 e. The van der Waals surface area contributed by atoms with Gasteiger partial charge >= 0.3 is 5.97 Å². The minimum absolute atomic E-state index is 0.271. The second-order valence-corrected chi connectivity index (χ2v) is 4.64. The molecule has 6 heteroatoms. The van der Waals surface area contributed by atoms with Crippen LogP contribution in [0.15, 0.2) is 27.3 Å². The lowest BCUT2D eigenvalue weighted by Crippen LogP contribution is -2.16. The van der Waals surface area contributed by atoms with Crippen molar-refractivity contribution >= 4 is 39.5 Å². The summed E-state index contributed by atoms with van der Waals surface area (Å²) < 4.78 is 5.78. The number of nitrogens with two attached hydrogens (primary N) is 1. The molecule has 1 aromatic heterocycles. The first-order valence-electron chi connectivity index (χ1n) is 5.46. The molecule has 0 saturated heterocycles. The number of amidine groups is 1. The van der Waals surface area contributed by atoms with E-state index in [4.69, 9.17) is 10.5 Å². The van der Waals surface area contributed by atoms with Gasteiger partial charge in [-0.2, -0.15) is 0 Å². The molecule has 1 aliphatic rings. The maximum absolute atomic E-state index is 11.7. The van der Waals surface area contributed by atoms with Crippen LogP contribution < -0.4 is 5.73 Å². The lowest BCUT2D eigenvalue weighted by atomic mass is 10.1. The molecule has 0 spiro atoms. The average molecular weight is 310 g/mol. The average Bonchev–Trinajstić information content (AvgIpc) is 2.47. The number of nitrogens with zero attached hydrogens (tertiary/aromatic N) is 2. The minimum atomic E-state index is -0.381. The van der Waals surface area contributed by atoms with Gasteiger partial charge in [-0.25, -0.2) is 9.79 Å². The Morgan fingerprint density at radius 1 is 1.61 bits per heavy atom. The first kappa shape index (κ1) is 12.8. The quantitative estimate of drug-likeness (QED) is 0.849. The summed E-state index contributed by atoms with van der Waals surface area (Å²) in [4.78, 5) is 20.2. The van der Waals surface area contributed by atoms with Gasteiger partial charge in [-0.1, -0.05) is 0 Å². The highest BCUT2D eigenvalue weighted by Gasteiger charge is 2.17. The summed E-state index contributed by atoms with van der Waals surface area (Å²) >= 11 is 3.32. The number of halogens is 1. The van der Waals surface area contributed by atoms with Crippen molar-refractivity contribution in [1.29, 1.82) is 0 Å². The standard InChI is InChI=1S/C12H12BrN3O2/c1-2-18-12(17)7-3-9-10(16-11(14)4-7)5-8(13)6-15-9/h3,5-6H,2,4H2,1H3,(H2,14,16). The van der Waals surface area contributed by atoms with Crippen LogP contribution >= 0.6 is 15.9 Å². The number of pyridine rings is 1. The van der Waals surface area contributed by atoms with E-state index in [0.29, 0.717) is 29.4 Å². The predicted octanol–water partition coefficient (Wildman–Crippen LogP) is 2.18. The van der Waals surface area contributed by atoms with Gasteiger partial charge in [-0.15, -0.1) is 0 Å². The van der Waals surface area contributed by atoms with Crippen molar-refractivity contribution in [2.75, 3.05) is 6.61 Å². The second kappa shape index (κ2) is 5.30. The molecule has 2 heterocycles. The molecule has 0 saturated carbocycles. The molecule has 0 radical (unpaired) electrons. The Morgan fingerprint density at radius 3 is 3.11 bits per heavy atom. The molecule has 0 unspecified atom stereocenters. The first-order chi connectivity index (χ1) is 8.60. The maximum atomic E-state index is 11.7. The number of aromatic nitrogens is 1. The molecular weight excluding hydrogens is 298 g/mol. The predicted molar refractivity (Wildman–Crippen MR) is 72.4 cm³/mol. The van der Waals surface area contributed by atoms with Crippen molar-refractivity contribution < 1.29 is 9.53 Å². The third-order valence-electron chi connectivity index (χ3n) is 2.35. The van der Waals surface area contributed by atoms with Gasteiger partial charge < -0.3 is 10.5 Å². The van der Waals surface area contributed by atoms with E-state index in [1.807, 2.05) is 0 Å². The summed E-state index contributed by atoms with van der Waals surface area (Å²) in [7, 11) is 0. The molecule has 0 fully saturated rings. The summed E-state index contributed by atoms with van der Waals surface area (Å²) in [6.45, 7) is 2.09. The molecule has 0 atom stereocenters. The van der Waals surface area contributed by atoms with E-state index < -0.39 is 0 Å². The van der Waals surface area contributed by atoms with Gasteiger partial charge in [0.15, 0.2) is 0 Å². The summed E-state index contributed by atoms with van der Waals surface area (Å²) in [6.07, 6.45) is 3.59. The van der Waals surface area contributed by atoms with Crippen LogP contribution in [-0.4, -0.2) is 23.4 Å². The molecule has 94 valence electrons. The molecule has 1 aromatic rings. The van der Waals surface area contributed by atoms with E-state index in [0.717, 1.165) is 4.47 Å². The number of fused-ring (bicyclic) bond motifs is 1. The Morgan fingerprint density at radius 2 is 2.39 bits per heavy atom. The summed E-state index contributed by atoms with van der Waals surface area (Å²) in [5, 5.41) is 0. The van der Waals surface area contributed by atoms with Crippen LogP contribution in [0.3, 0.4) is 0 Å². The van der Waals surface area contributed by atoms with Crippen LogP contribution in [-0.2, 0) is 9.53 Å². The highest BCUT2D eigenvalue weighted by Crippen LogP contribution is 2.27. The molecule has 18 heavy (non-hydrogen) atoms. The summed E-state index contributed by atoms with van der Waals surface area (Å²) in [6, 6.07) is 1.81. The second-order valence-electron chi connectivity index (χ2n) is 3.73. The lowest BCUT2D eigenvalue weighted by molar-refractivity contribution is -0.138. The third-order valence-corrected chi connectivity index (χ3v) is 2.78. The van der Waals surface area contributed by atoms with Gasteiger partial charge in [0.2, 0.25) is 0 Å². The molecule has 2 rings (SSSR count). The number of esters is 1. The van der Waals surface area contributed by atoms with Crippen molar-refractivity contribution in [3.63, 3.8) is 0 Å². The van der Waals surface area contributed by atoms with Crippen LogP contribution in [0.1, 0.15) is 19.0 Å². The Labute approximate surface area is 113 Å². The van der Waals surface area contributed by atoms with Gasteiger partial charge in [-0.05, 0) is 35.0 Å². The van der Waals surface area contributed by atoms with Crippen LogP contribution in [0.25, 0.3) is 6.08 Å². The van der Waals surface area contributed by atoms with Crippen molar-refractivity contribution in [2.45, 2.75) is 13.3 Å². The van der Waals surface area contributed by atoms with Gasteiger partial charge in [0, 0.05) is 22.7 Å². The molecule has 2 N–H and O–H groups in total. The van der Waals surface area contributed by atoms with Gasteiger partial charge in [0.1, 0.15) is 5.84 Å². The Kier molecular flexibility index (Phi) is 3.76. The fourth-order valence-electron chi connectivity index (χ4n) is 1.60. The topological polar surface area (TPSA) is 77.6 Å². The fourth-order valence-corrected chi connectivity index (χ4v) is 1.92. The number of carbonyl (C=O) groups excluding carboxylic acids is 1. The van der Waals surface area contributed by atoms with E-state index in [2.05, 4.69) is 25.9 Å². The van der Waals surface area contributed by atoms with Gasteiger partial charge in [0.05, 0.1) is 18.0 Å². The Bertz CT molecular complexity index is 552. The van der Waals surface area contributed by atoms with Gasteiger partial charge in [-0.3, -0.25) is 4.98 Å². The molecular formula is C12H12BrN3O2. The number of rotatable bonds is 2. The van der Waals surface area contributed by atoms with E-state index >= 15 is 0 Å². The Balaban J connectivity index is 2.45. The normalized spacial score (nSPS) is 14.1. The highest BCUT2D eigenvalue weighted by molar-refractivity contribution is 9.10. The molecule has 0 amide bonds. The number of ether oxygens (including phenoxy) is 1. The largest absolute Gasteiger partial charge is 0.463 e.